The van der Waals surface area contributed by atoms with Crippen LogP contribution >= 0.6 is 50.9 Å². The number of nitrogens with one attached hydrogen (secondary N) is 3. The molecule has 0 aliphatic carbocycles. The molecule has 0 bridgehead atoms. The minimum atomic E-state index is -0.494. The second-order valence-electron chi connectivity index (χ2n) is 8.38. The molecule has 6 nitrogen and oxygen atoms in total. The van der Waals surface area contributed by atoms with Gasteiger partial charge in [0.2, 0.25) is 5.91 Å². The number of carbonyl (C=O) groups excluding carboxylic acids is 3. The summed E-state index contributed by atoms with van der Waals surface area (Å²) in [6.07, 6.45) is 1.61. The van der Waals surface area contributed by atoms with E-state index in [9.17, 15) is 14.4 Å². The predicted octanol–water partition coefficient (Wildman–Crippen LogP) is 7.90. The number of amides is 3. The van der Waals surface area contributed by atoms with E-state index in [4.69, 9.17) is 23.2 Å². The maximum atomic E-state index is 13.3. The zero-order valence-electron chi connectivity index (χ0n) is 20.8. The van der Waals surface area contributed by atoms with E-state index in [1.807, 2.05) is 36.4 Å². The monoisotopic (exact) mass is 653 g/mol. The van der Waals surface area contributed by atoms with Crippen molar-refractivity contribution in [1.82, 2.24) is 5.32 Å². The van der Waals surface area contributed by atoms with Gasteiger partial charge in [0.1, 0.15) is 5.70 Å². The smallest absolute Gasteiger partial charge is 0.272 e. The van der Waals surface area contributed by atoms with Crippen molar-refractivity contribution in [2.24, 2.45) is 0 Å². The minimum absolute atomic E-state index is 0.0789. The molecule has 0 aliphatic heterocycles. The molecule has 4 aromatic carbocycles. The highest BCUT2D eigenvalue weighted by atomic mass is 79.9. The van der Waals surface area contributed by atoms with Crippen molar-refractivity contribution < 1.29 is 14.4 Å². The van der Waals surface area contributed by atoms with Gasteiger partial charge in [0.05, 0.1) is 15.8 Å². The fraction of sp³-hybridized carbons (Fsp3) is 0.0333. The number of hydrogen-bond donors (Lipinski definition) is 3. The molecule has 40 heavy (non-hydrogen) atoms. The minimum Gasteiger partial charge on any atom is -0.325 e. The molecule has 3 N–H and O–H groups in total. The molecule has 202 valence electrons. The van der Waals surface area contributed by atoms with Crippen LogP contribution in [-0.2, 0) is 9.59 Å². The average Bonchev–Trinajstić information content (AvgIpc) is 2.95. The van der Waals surface area contributed by atoms with Gasteiger partial charge in [-0.25, -0.2) is 0 Å². The van der Waals surface area contributed by atoms with Crippen LogP contribution in [0.25, 0.3) is 6.08 Å². The Kier molecular flexibility index (Phi) is 10.4. The van der Waals surface area contributed by atoms with Crippen molar-refractivity contribution in [3.8, 4) is 0 Å². The van der Waals surface area contributed by atoms with Gasteiger partial charge in [0.15, 0.2) is 0 Å². The Bertz CT molecular complexity index is 1560. The average molecular weight is 655 g/mol. The Labute approximate surface area is 254 Å². The Hall–Kier alpha value is -3.56. The van der Waals surface area contributed by atoms with Gasteiger partial charge in [0.25, 0.3) is 11.8 Å². The van der Waals surface area contributed by atoms with Crippen LogP contribution in [0.1, 0.15) is 15.9 Å². The highest BCUT2D eigenvalue weighted by Crippen LogP contribution is 2.26. The Morgan fingerprint density at radius 3 is 2.23 bits per heavy atom. The van der Waals surface area contributed by atoms with Crippen LogP contribution in [0, 0.1) is 0 Å². The zero-order valence-corrected chi connectivity index (χ0v) is 24.7. The van der Waals surface area contributed by atoms with E-state index in [0.717, 1.165) is 14.9 Å². The quantitative estimate of drug-likeness (QED) is 0.127. The molecule has 0 radical (unpaired) electrons. The first-order valence-electron chi connectivity index (χ1n) is 11.9. The molecule has 0 atom stereocenters. The van der Waals surface area contributed by atoms with E-state index < -0.39 is 11.8 Å². The lowest BCUT2D eigenvalue weighted by molar-refractivity contribution is -0.114. The van der Waals surface area contributed by atoms with Crippen molar-refractivity contribution in [3.05, 3.63) is 128 Å². The number of hydrogen-bond acceptors (Lipinski definition) is 4. The van der Waals surface area contributed by atoms with Crippen molar-refractivity contribution in [2.75, 3.05) is 16.4 Å². The number of rotatable bonds is 9. The second-order valence-corrected chi connectivity index (χ2v) is 11.2. The van der Waals surface area contributed by atoms with E-state index in [0.29, 0.717) is 27.0 Å². The van der Waals surface area contributed by atoms with Crippen LogP contribution in [-0.4, -0.2) is 23.5 Å². The van der Waals surface area contributed by atoms with Gasteiger partial charge in [-0.3, -0.25) is 14.4 Å². The zero-order chi connectivity index (χ0) is 28.5. The largest absolute Gasteiger partial charge is 0.325 e. The number of benzene rings is 4. The van der Waals surface area contributed by atoms with E-state index >= 15 is 0 Å². The molecule has 0 heterocycles. The van der Waals surface area contributed by atoms with Crippen LogP contribution in [0.15, 0.2) is 112 Å². The number of anilines is 2. The fourth-order valence-electron chi connectivity index (χ4n) is 3.45. The summed E-state index contributed by atoms with van der Waals surface area (Å²) in [6, 6.07) is 28.0. The molecule has 0 saturated heterocycles. The van der Waals surface area contributed by atoms with Crippen molar-refractivity contribution in [3.63, 3.8) is 0 Å². The summed E-state index contributed by atoms with van der Waals surface area (Å²) in [4.78, 5) is 39.3. The summed E-state index contributed by atoms with van der Waals surface area (Å²) >= 11 is 16.6. The SMILES string of the molecule is O=C(CSc1cccc(NC(=O)/C(=C/c2ccc(Br)cc2)NC(=O)c2ccccc2)c1)Nc1ccc(Cl)c(Cl)c1. The van der Waals surface area contributed by atoms with Crippen LogP contribution in [0.3, 0.4) is 0 Å². The third-order valence-corrected chi connectivity index (χ3v) is 7.64. The van der Waals surface area contributed by atoms with Gasteiger partial charge in [-0.05, 0) is 72.3 Å². The van der Waals surface area contributed by atoms with Crippen molar-refractivity contribution >= 4 is 86.1 Å². The van der Waals surface area contributed by atoms with Crippen molar-refractivity contribution in [1.29, 1.82) is 0 Å². The van der Waals surface area contributed by atoms with E-state index in [-0.39, 0.29) is 17.4 Å². The van der Waals surface area contributed by atoms with Crippen molar-refractivity contribution in [2.45, 2.75) is 4.90 Å². The first kappa shape index (κ1) is 29.4. The fourth-order valence-corrected chi connectivity index (χ4v) is 4.77. The highest BCUT2D eigenvalue weighted by molar-refractivity contribution is 9.10. The Balaban J connectivity index is 1.44. The van der Waals surface area contributed by atoms with Gasteiger partial charge in [-0.15, -0.1) is 11.8 Å². The summed E-state index contributed by atoms with van der Waals surface area (Å²) in [6.45, 7) is 0. The first-order valence-corrected chi connectivity index (χ1v) is 14.4. The topological polar surface area (TPSA) is 87.3 Å². The van der Waals surface area contributed by atoms with Crippen LogP contribution in [0.5, 0.6) is 0 Å². The van der Waals surface area contributed by atoms with Gasteiger partial charge < -0.3 is 16.0 Å². The molecular formula is C30H22BrCl2N3O3S. The molecule has 10 heteroatoms. The summed E-state index contributed by atoms with van der Waals surface area (Å²) < 4.78 is 0.893. The molecular weight excluding hydrogens is 633 g/mol. The third-order valence-electron chi connectivity index (χ3n) is 5.38. The summed E-state index contributed by atoms with van der Waals surface area (Å²) in [5.74, 6) is -0.983. The molecule has 0 aliphatic rings. The van der Waals surface area contributed by atoms with E-state index in [1.165, 1.54) is 11.8 Å². The molecule has 0 fully saturated rings. The second kappa shape index (κ2) is 14.2. The predicted molar refractivity (Wildman–Crippen MR) is 167 cm³/mol. The molecule has 0 unspecified atom stereocenters. The number of carbonyl (C=O) groups is 3. The first-order chi connectivity index (χ1) is 19.3. The summed E-state index contributed by atoms with van der Waals surface area (Å²) in [7, 11) is 0. The van der Waals surface area contributed by atoms with Crippen LogP contribution < -0.4 is 16.0 Å². The molecule has 0 spiro atoms. The molecule has 0 saturated carbocycles. The molecule has 0 aromatic heterocycles. The standard InChI is InChI=1S/C30H22BrCl2N3O3S/c31-21-11-9-19(10-12-21)15-27(36-29(38)20-5-2-1-3-6-20)30(39)35-22-7-4-8-24(16-22)40-18-28(37)34-23-13-14-25(32)26(33)17-23/h1-17H,18H2,(H,34,37)(H,35,39)(H,36,38)/b27-15-. The Morgan fingerprint density at radius 2 is 1.50 bits per heavy atom. The van der Waals surface area contributed by atoms with Gasteiger partial charge >= 0.3 is 0 Å². The molecule has 3 amide bonds. The van der Waals surface area contributed by atoms with E-state index in [2.05, 4.69) is 31.9 Å². The van der Waals surface area contributed by atoms with Crippen LogP contribution in [0.2, 0.25) is 10.0 Å². The van der Waals surface area contributed by atoms with Gasteiger partial charge in [-0.1, -0.05) is 75.5 Å². The third kappa shape index (κ3) is 8.72. The van der Waals surface area contributed by atoms with Gasteiger partial charge in [0, 0.05) is 26.3 Å². The molecule has 4 aromatic rings. The van der Waals surface area contributed by atoms with E-state index in [1.54, 1.807) is 66.7 Å². The molecule has 4 rings (SSSR count). The maximum Gasteiger partial charge on any atom is 0.272 e. The summed E-state index contributed by atoms with van der Waals surface area (Å²) in [5, 5.41) is 9.09. The summed E-state index contributed by atoms with van der Waals surface area (Å²) in [5.41, 5.74) is 2.29. The highest BCUT2D eigenvalue weighted by Gasteiger charge is 2.15. The number of thioether (sulfide) groups is 1. The van der Waals surface area contributed by atoms with Crippen LogP contribution in [0.4, 0.5) is 11.4 Å². The lowest BCUT2D eigenvalue weighted by Gasteiger charge is -2.12. The number of halogens is 3. The normalized spacial score (nSPS) is 11.0. The Morgan fingerprint density at radius 1 is 0.775 bits per heavy atom. The lowest BCUT2D eigenvalue weighted by atomic mass is 10.1. The lowest BCUT2D eigenvalue weighted by Crippen LogP contribution is -2.30. The van der Waals surface area contributed by atoms with Gasteiger partial charge in [-0.2, -0.15) is 0 Å². The maximum absolute atomic E-state index is 13.3.